The fourth-order valence-electron chi connectivity index (χ4n) is 3.19. The topological polar surface area (TPSA) is 66.0 Å². The number of hydrogen-bond donors (Lipinski definition) is 0. The Labute approximate surface area is 165 Å². The van der Waals surface area contributed by atoms with Crippen molar-refractivity contribution in [2.24, 2.45) is 0 Å². The molecule has 0 aliphatic carbocycles. The van der Waals surface area contributed by atoms with Crippen LogP contribution in [0.1, 0.15) is 22.8 Å². The highest BCUT2D eigenvalue weighted by atomic mass is 16.6. The molecular formula is C21H26N4O3. The summed E-state index contributed by atoms with van der Waals surface area (Å²) in [6, 6.07) is 12.0. The molecule has 0 spiro atoms. The number of carbonyl (C=O) groups excluding carboxylic acids is 2. The van der Waals surface area contributed by atoms with Crippen LogP contribution in [0.5, 0.6) is 0 Å². The van der Waals surface area contributed by atoms with E-state index in [1.807, 2.05) is 31.3 Å². The van der Waals surface area contributed by atoms with Crippen LogP contribution in [-0.2, 0) is 11.3 Å². The van der Waals surface area contributed by atoms with Gasteiger partial charge in [-0.05, 0) is 18.6 Å². The molecule has 2 amide bonds. The third kappa shape index (κ3) is 4.79. The van der Waals surface area contributed by atoms with Crippen LogP contribution < -0.4 is 4.90 Å². The summed E-state index contributed by atoms with van der Waals surface area (Å²) in [7, 11) is 1.98. The van der Waals surface area contributed by atoms with Crippen LogP contribution in [0.2, 0.25) is 0 Å². The first kappa shape index (κ1) is 19.7. The number of piperazine rings is 1. The van der Waals surface area contributed by atoms with Crippen molar-refractivity contribution in [2.75, 3.05) is 44.7 Å². The highest BCUT2D eigenvalue weighted by Gasteiger charge is 2.25. The number of benzene rings is 1. The minimum Gasteiger partial charge on any atom is -0.450 e. The van der Waals surface area contributed by atoms with Crippen LogP contribution in [0.4, 0.5) is 10.5 Å². The molecule has 0 radical (unpaired) electrons. The van der Waals surface area contributed by atoms with Gasteiger partial charge in [0, 0.05) is 46.0 Å². The predicted molar refractivity (Wildman–Crippen MR) is 107 cm³/mol. The molecule has 28 heavy (non-hydrogen) atoms. The molecule has 1 aromatic carbocycles. The fourth-order valence-corrected chi connectivity index (χ4v) is 3.19. The van der Waals surface area contributed by atoms with Gasteiger partial charge >= 0.3 is 6.09 Å². The van der Waals surface area contributed by atoms with Crippen molar-refractivity contribution in [1.29, 1.82) is 0 Å². The zero-order valence-electron chi connectivity index (χ0n) is 16.4. The van der Waals surface area contributed by atoms with Crippen LogP contribution in [0, 0.1) is 0 Å². The summed E-state index contributed by atoms with van der Waals surface area (Å²) in [6.45, 7) is 4.80. The maximum Gasteiger partial charge on any atom is 0.409 e. The second-order valence-corrected chi connectivity index (χ2v) is 6.75. The Bertz CT molecular complexity index is 804. The normalized spacial score (nSPS) is 13.9. The lowest BCUT2D eigenvalue weighted by molar-refractivity contribution is 0.0570. The van der Waals surface area contributed by atoms with E-state index in [1.54, 1.807) is 29.1 Å². The number of amides is 2. The molecule has 2 aromatic rings. The minimum atomic E-state index is -0.319. The van der Waals surface area contributed by atoms with Crippen LogP contribution in [0.25, 0.3) is 0 Å². The van der Waals surface area contributed by atoms with Gasteiger partial charge < -0.3 is 19.4 Å². The highest BCUT2D eigenvalue weighted by Crippen LogP contribution is 2.18. The zero-order valence-corrected chi connectivity index (χ0v) is 16.4. The van der Waals surface area contributed by atoms with Crippen molar-refractivity contribution in [3.8, 4) is 0 Å². The summed E-state index contributed by atoms with van der Waals surface area (Å²) in [5.41, 5.74) is 2.64. The van der Waals surface area contributed by atoms with Gasteiger partial charge in [-0.25, -0.2) is 4.79 Å². The van der Waals surface area contributed by atoms with Crippen molar-refractivity contribution in [3.05, 3.63) is 59.9 Å². The maximum absolute atomic E-state index is 12.9. The Hall–Kier alpha value is -3.09. The van der Waals surface area contributed by atoms with E-state index in [2.05, 4.69) is 22.0 Å². The second kappa shape index (κ2) is 9.21. The molecule has 1 saturated heterocycles. The van der Waals surface area contributed by atoms with Crippen LogP contribution in [-0.4, -0.2) is 66.6 Å². The van der Waals surface area contributed by atoms with Crippen molar-refractivity contribution in [2.45, 2.75) is 13.5 Å². The zero-order chi connectivity index (χ0) is 19.9. The average molecular weight is 382 g/mol. The van der Waals surface area contributed by atoms with Crippen LogP contribution in [0.3, 0.4) is 0 Å². The first-order chi connectivity index (χ1) is 13.6. The quantitative estimate of drug-likeness (QED) is 0.795. The van der Waals surface area contributed by atoms with E-state index in [0.29, 0.717) is 38.3 Å². The van der Waals surface area contributed by atoms with E-state index in [0.717, 1.165) is 12.2 Å². The monoisotopic (exact) mass is 382 g/mol. The lowest BCUT2D eigenvalue weighted by Crippen LogP contribution is -2.50. The van der Waals surface area contributed by atoms with Crippen molar-refractivity contribution in [1.82, 2.24) is 14.8 Å². The summed E-state index contributed by atoms with van der Waals surface area (Å²) in [6.07, 6.45) is 3.04. The molecule has 1 aliphatic heterocycles. The summed E-state index contributed by atoms with van der Waals surface area (Å²) in [5.74, 6) is -0.0639. The van der Waals surface area contributed by atoms with E-state index >= 15 is 0 Å². The molecule has 0 saturated carbocycles. The van der Waals surface area contributed by atoms with Gasteiger partial charge in [-0.3, -0.25) is 9.78 Å². The van der Waals surface area contributed by atoms with Crippen molar-refractivity contribution in [3.63, 3.8) is 0 Å². The minimum absolute atomic E-state index is 0.0639. The first-order valence-electron chi connectivity index (χ1n) is 9.49. The SMILES string of the molecule is CCOC(=O)N1CCN(C(=O)c2cncc(N(C)Cc3ccccc3)c2)CC1. The Morgan fingerprint density at radius 2 is 1.75 bits per heavy atom. The van der Waals surface area contributed by atoms with E-state index in [4.69, 9.17) is 4.74 Å². The van der Waals surface area contributed by atoms with Gasteiger partial charge in [-0.2, -0.15) is 0 Å². The lowest BCUT2D eigenvalue weighted by Gasteiger charge is -2.34. The summed E-state index contributed by atoms with van der Waals surface area (Å²) >= 11 is 0. The van der Waals surface area contributed by atoms with Gasteiger partial charge in [-0.15, -0.1) is 0 Å². The molecule has 148 valence electrons. The standard InChI is InChI=1S/C21H26N4O3/c1-3-28-21(27)25-11-9-24(10-12-25)20(26)18-13-19(15-22-14-18)23(2)16-17-7-5-4-6-8-17/h4-8,13-15H,3,9-12,16H2,1-2H3. The fraction of sp³-hybridized carbons (Fsp3) is 0.381. The number of aromatic nitrogens is 1. The van der Waals surface area contributed by atoms with Gasteiger partial charge in [0.05, 0.1) is 24.1 Å². The van der Waals surface area contributed by atoms with Crippen molar-refractivity contribution >= 4 is 17.7 Å². The molecule has 7 heteroatoms. The molecule has 0 unspecified atom stereocenters. The van der Waals surface area contributed by atoms with E-state index in [-0.39, 0.29) is 12.0 Å². The number of hydrogen-bond acceptors (Lipinski definition) is 5. The molecule has 3 rings (SSSR count). The molecular weight excluding hydrogens is 356 g/mol. The molecule has 0 N–H and O–H groups in total. The van der Waals surface area contributed by atoms with Gasteiger partial charge in [0.1, 0.15) is 0 Å². The van der Waals surface area contributed by atoms with Crippen LogP contribution in [0.15, 0.2) is 48.8 Å². The summed E-state index contributed by atoms with van der Waals surface area (Å²) in [4.78, 5) is 34.4. The smallest absolute Gasteiger partial charge is 0.409 e. The number of pyridine rings is 1. The molecule has 0 bridgehead atoms. The second-order valence-electron chi connectivity index (χ2n) is 6.75. The van der Waals surface area contributed by atoms with Gasteiger partial charge in [0.15, 0.2) is 0 Å². The van der Waals surface area contributed by atoms with Crippen molar-refractivity contribution < 1.29 is 14.3 Å². The summed E-state index contributed by atoms with van der Waals surface area (Å²) in [5, 5.41) is 0. The van der Waals surface area contributed by atoms with Gasteiger partial charge in [-0.1, -0.05) is 30.3 Å². The number of rotatable bonds is 5. The average Bonchev–Trinajstić information content (AvgIpc) is 2.74. The van der Waals surface area contributed by atoms with E-state index in [1.165, 1.54) is 5.56 Å². The molecule has 1 fully saturated rings. The number of nitrogens with zero attached hydrogens (tertiary/aromatic N) is 4. The Kier molecular flexibility index (Phi) is 6.47. The Morgan fingerprint density at radius 3 is 2.43 bits per heavy atom. The number of ether oxygens (including phenoxy) is 1. The molecule has 0 atom stereocenters. The van der Waals surface area contributed by atoms with Gasteiger partial charge in [0.25, 0.3) is 5.91 Å². The lowest BCUT2D eigenvalue weighted by atomic mass is 10.2. The molecule has 1 aromatic heterocycles. The molecule has 1 aliphatic rings. The highest BCUT2D eigenvalue weighted by molar-refractivity contribution is 5.95. The third-order valence-electron chi connectivity index (χ3n) is 4.77. The van der Waals surface area contributed by atoms with E-state index in [9.17, 15) is 9.59 Å². The van der Waals surface area contributed by atoms with E-state index < -0.39 is 0 Å². The predicted octanol–water partition coefficient (Wildman–Crippen LogP) is 2.63. The first-order valence-corrected chi connectivity index (χ1v) is 9.49. The number of anilines is 1. The Balaban J connectivity index is 1.62. The van der Waals surface area contributed by atoms with Gasteiger partial charge in [0.2, 0.25) is 0 Å². The third-order valence-corrected chi connectivity index (χ3v) is 4.77. The Morgan fingerprint density at radius 1 is 1.07 bits per heavy atom. The van der Waals surface area contributed by atoms with Crippen LogP contribution >= 0.6 is 0 Å². The molecule has 2 heterocycles. The molecule has 7 nitrogen and oxygen atoms in total. The number of carbonyl (C=O) groups is 2. The maximum atomic E-state index is 12.9. The largest absolute Gasteiger partial charge is 0.450 e. The summed E-state index contributed by atoms with van der Waals surface area (Å²) < 4.78 is 5.02.